The van der Waals surface area contributed by atoms with Crippen LogP contribution in [0.2, 0.25) is 0 Å². The summed E-state index contributed by atoms with van der Waals surface area (Å²) in [7, 11) is 1.81. The van der Waals surface area contributed by atoms with Crippen LogP contribution < -0.4 is 0 Å². The number of carbonyl (C=O) groups is 1. The van der Waals surface area contributed by atoms with Crippen molar-refractivity contribution in [2.24, 2.45) is 0 Å². The quantitative estimate of drug-likeness (QED) is 0.591. The van der Waals surface area contributed by atoms with Gasteiger partial charge in [-0.05, 0) is 18.4 Å². The minimum absolute atomic E-state index is 0.120. The van der Waals surface area contributed by atoms with Gasteiger partial charge in [-0.2, -0.15) is 0 Å². The van der Waals surface area contributed by atoms with Crippen molar-refractivity contribution in [3.05, 3.63) is 11.6 Å². The highest BCUT2D eigenvalue weighted by Gasteiger charge is 2.15. The van der Waals surface area contributed by atoms with Gasteiger partial charge in [0.25, 0.3) is 0 Å². The summed E-state index contributed by atoms with van der Waals surface area (Å²) in [6.07, 6.45) is 3.64. The van der Waals surface area contributed by atoms with Crippen molar-refractivity contribution in [2.75, 3.05) is 19.5 Å². The maximum Gasteiger partial charge on any atom is 0.246 e. The molecule has 2 nitrogen and oxygen atoms in total. The van der Waals surface area contributed by atoms with Gasteiger partial charge in [0.1, 0.15) is 0 Å². The van der Waals surface area contributed by atoms with Crippen LogP contribution in [0, 0.1) is 0 Å². The van der Waals surface area contributed by atoms with E-state index < -0.39 is 0 Å². The molecule has 0 bridgehead atoms. The Morgan fingerprint density at radius 3 is 2.91 bits per heavy atom. The van der Waals surface area contributed by atoms with Crippen molar-refractivity contribution in [1.29, 1.82) is 0 Å². The molecule has 0 aromatic rings. The average Bonchev–Trinajstić information content (AvgIpc) is 2.28. The lowest BCUT2D eigenvalue weighted by Crippen LogP contribution is -2.19. The first-order valence-electron chi connectivity index (χ1n) is 3.74. The molecule has 1 aliphatic heterocycles. The lowest BCUT2D eigenvalue weighted by Gasteiger charge is -2.07. The zero-order valence-corrected chi connectivity index (χ0v) is 7.40. The minimum Gasteiger partial charge on any atom is -0.338 e. The van der Waals surface area contributed by atoms with Crippen molar-refractivity contribution in [2.45, 2.75) is 12.8 Å². The molecular formula is C8H12ClNO. The average molecular weight is 174 g/mol. The van der Waals surface area contributed by atoms with Gasteiger partial charge in [0.05, 0.1) is 0 Å². The Bertz CT molecular complexity index is 189. The Morgan fingerprint density at radius 1 is 1.73 bits per heavy atom. The molecule has 0 atom stereocenters. The van der Waals surface area contributed by atoms with E-state index in [1.54, 1.807) is 11.0 Å². The van der Waals surface area contributed by atoms with Crippen LogP contribution in [0.3, 0.4) is 0 Å². The normalized spacial score (nSPS) is 17.5. The molecule has 1 aliphatic rings. The van der Waals surface area contributed by atoms with Crippen LogP contribution in [0.15, 0.2) is 11.6 Å². The molecule has 0 spiro atoms. The summed E-state index contributed by atoms with van der Waals surface area (Å²) < 4.78 is 0. The predicted octanol–water partition coefficient (Wildman–Crippen LogP) is 1.40. The van der Waals surface area contributed by atoms with E-state index in [0.717, 1.165) is 19.4 Å². The van der Waals surface area contributed by atoms with Gasteiger partial charge in [-0.1, -0.05) is 0 Å². The van der Waals surface area contributed by atoms with E-state index >= 15 is 0 Å². The molecule has 0 saturated heterocycles. The second-order valence-corrected chi connectivity index (χ2v) is 3.17. The molecule has 0 fully saturated rings. The fourth-order valence-electron chi connectivity index (χ4n) is 1.16. The number of alkyl halides is 1. The van der Waals surface area contributed by atoms with Gasteiger partial charge in [0.15, 0.2) is 0 Å². The highest BCUT2D eigenvalue weighted by atomic mass is 35.5. The molecule has 0 unspecified atom stereocenters. The predicted molar refractivity (Wildman–Crippen MR) is 45.7 cm³/mol. The summed E-state index contributed by atoms with van der Waals surface area (Å²) in [6, 6.07) is 0. The Morgan fingerprint density at radius 2 is 2.45 bits per heavy atom. The zero-order chi connectivity index (χ0) is 8.27. The van der Waals surface area contributed by atoms with Gasteiger partial charge in [-0.15, -0.1) is 11.6 Å². The molecule has 0 aromatic carbocycles. The summed E-state index contributed by atoms with van der Waals surface area (Å²) >= 11 is 5.53. The molecule has 11 heavy (non-hydrogen) atoms. The molecular weight excluding hydrogens is 162 g/mol. The van der Waals surface area contributed by atoms with Crippen LogP contribution in [-0.2, 0) is 4.79 Å². The molecule has 0 radical (unpaired) electrons. The molecule has 3 heteroatoms. The summed E-state index contributed by atoms with van der Waals surface area (Å²) in [5, 5.41) is 0. The van der Waals surface area contributed by atoms with E-state index in [4.69, 9.17) is 11.6 Å². The summed E-state index contributed by atoms with van der Waals surface area (Å²) in [5.74, 6) is 0.796. The second kappa shape index (κ2) is 3.77. The van der Waals surface area contributed by atoms with Crippen LogP contribution in [0.4, 0.5) is 0 Å². The van der Waals surface area contributed by atoms with E-state index in [1.165, 1.54) is 5.57 Å². The summed E-state index contributed by atoms with van der Waals surface area (Å²) in [5.41, 5.74) is 1.21. The Hall–Kier alpha value is -0.500. The number of halogens is 1. The largest absolute Gasteiger partial charge is 0.338 e. The lowest BCUT2D eigenvalue weighted by molar-refractivity contribution is -0.123. The van der Waals surface area contributed by atoms with Gasteiger partial charge in [0.2, 0.25) is 5.91 Å². The van der Waals surface area contributed by atoms with E-state index in [2.05, 4.69) is 0 Å². The van der Waals surface area contributed by atoms with Crippen molar-refractivity contribution in [3.63, 3.8) is 0 Å². The molecule has 0 N–H and O–H groups in total. The van der Waals surface area contributed by atoms with Crippen molar-refractivity contribution >= 4 is 17.5 Å². The third-order valence-electron chi connectivity index (χ3n) is 1.78. The summed E-state index contributed by atoms with van der Waals surface area (Å²) in [6.45, 7) is 0.787. The Kier molecular flexibility index (Phi) is 2.94. The summed E-state index contributed by atoms with van der Waals surface area (Å²) in [4.78, 5) is 12.7. The van der Waals surface area contributed by atoms with Gasteiger partial charge < -0.3 is 4.90 Å². The van der Waals surface area contributed by atoms with Crippen molar-refractivity contribution in [3.8, 4) is 0 Å². The molecule has 0 saturated carbocycles. The molecule has 1 rings (SSSR count). The first-order chi connectivity index (χ1) is 5.24. The maximum atomic E-state index is 11.0. The maximum absolute atomic E-state index is 11.0. The van der Waals surface area contributed by atoms with Crippen LogP contribution >= 0.6 is 11.6 Å². The zero-order valence-electron chi connectivity index (χ0n) is 6.64. The standard InChI is InChI=1S/C8H12ClNO/c1-10-6-7(3-2-4-9)5-8(10)11/h5H,2-4,6H2,1H3. The second-order valence-electron chi connectivity index (χ2n) is 2.79. The smallest absolute Gasteiger partial charge is 0.246 e. The molecule has 1 amide bonds. The topological polar surface area (TPSA) is 20.3 Å². The Labute approximate surface area is 71.8 Å². The van der Waals surface area contributed by atoms with E-state index in [-0.39, 0.29) is 5.91 Å². The Balaban J connectivity index is 2.37. The van der Waals surface area contributed by atoms with Crippen molar-refractivity contribution < 1.29 is 4.79 Å². The van der Waals surface area contributed by atoms with E-state index in [0.29, 0.717) is 5.88 Å². The first-order valence-corrected chi connectivity index (χ1v) is 4.28. The van der Waals surface area contributed by atoms with Crippen LogP contribution in [0.25, 0.3) is 0 Å². The number of carbonyl (C=O) groups excluding carboxylic acids is 1. The van der Waals surface area contributed by atoms with E-state index in [9.17, 15) is 4.79 Å². The molecule has 0 aliphatic carbocycles. The number of hydrogen-bond acceptors (Lipinski definition) is 1. The third kappa shape index (κ3) is 2.22. The van der Waals surface area contributed by atoms with E-state index in [1.807, 2.05) is 7.05 Å². The number of nitrogens with zero attached hydrogens (tertiary/aromatic N) is 1. The first kappa shape index (κ1) is 8.60. The van der Waals surface area contributed by atoms with Gasteiger partial charge in [0, 0.05) is 25.5 Å². The van der Waals surface area contributed by atoms with Gasteiger partial charge in [-0.3, -0.25) is 4.79 Å². The number of rotatable bonds is 3. The number of amides is 1. The monoisotopic (exact) mass is 173 g/mol. The number of likely N-dealkylation sites (N-methyl/N-ethyl adjacent to an activating group) is 1. The third-order valence-corrected chi connectivity index (χ3v) is 2.04. The van der Waals surface area contributed by atoms with Crippen LogP contribution in [0.5, 0.6) is 0 Å². The van der Waals surface area contributed by atoms with Gasteiger partial charge in [-0.25, -0.2) is 0 Å². The highest BCUT2D eigenvalue weighted by Crippen LogP contribution is 2.13. The minimum atomic E-state index is 0.120. The molecule has 62 valence electrons. The van der Waals surface area contributed by atoms with Crippen LogP contribution in [-0.4, -0.2) is 30.3 Å². The highest BCUT2D eigenvalue weighted by molar-refractivity contribution is 6.17. The molecule has 0 aromatic heterocycles. The number of hydrogen-bond donors (Lipinski definition) is 0. The van der Waals surface area contributed by atoms with Gasteiger partial charge >= 0.3 is 0 Å². The fourth-order valence-corrected chi connectivity index (χ4v) is 1.29. The SMILES string of the molecule is CN1CC(CCCCl)=CC1=O. The lowest BCUT2D eigenvalue weighted by atomic mass is 10.2. The molecule has 1 heterocycles. The fraction of sp³-hybridized carbons (Fsp3) is 0.625. The van der Waals surface area contributed by atoms with Crippen molar-refractivity contribution in [1.82, 2.24) is 4.90 Å². The van der Waals surface area contributed by atoms with Crippen LogP contribution in [0.1, 0.15) is 12.8 Å².